The van der Waals surface area contributed by atoms with Crippen molar-refractivity contribution in [3.8, 4) is 23.0 Å². The number of ether oxygens (including phenoxy) is 1. The molecule has 1 aliphatic carbocycles. The van der Waals surface area contributed by atoms with Crippen molar-refractivity contribution in [3.05, 3.63) is 45.9 Å². The van der Waals surface area contributed by atoms with Crippen LogP contribution in [-0.2, 0) is 0 Å². The topological polar surface area (TPSA) is 86.6 Å². The molecule has 5 aliphatic rings. The minimum atomic E-state index is -0.870. The SMILES string of the molecule is Oc1cc(-c2ncc3c(N4CC5CCC(C4)N5)nc(OCC45CC(F)CN4C4CCCC4C5)nc3c2F)c2c(I)cccc2c1. The number of piperazine rings is 1. The van der Waals surface area contributed by atoms with E-state index in [2.05, 4.69) is 42.7 Å². The third-order valence-corrected chi connectivity index (χ3v) is 12.0. The highest BCUT2D eigenvalue weighted by Gasteiger charge is 2.58. The highest BCUT2D eigenvalue weighted by Crippen LogP contribution is 2.52. The number of aromatic hydroxyl groups is 1. The summed E-state index contributed by atoms with van der Waals surface area (Å²) in [5.41, 5.74) is 0.388. The average Bonchev–Trinajstić information content (AvgIpc) is 3.76. The summed E-state index contributed by atoms with van der Waals surface area (Å²) < 4.78 is 39.1. The summed E-state index contributed by atoms with van der Waals surface area (Å²) in [5, 5.41) is 16.4. The first-order chi connectivity index (χ1) is 21.8. The number of hydrogen-bond acceptors (Lipinski definition) is 8. The van der Waals surface area contributed by atoms with E-state index in [0.717, 1.165) is 53.1 Å². The van der Waals surface area contributed by atoms with E-state index in [4.69, 9.17) is 14.7 Å². The molecular weight excluding hydrogens is 689 g/mol. The van der Waals surface area contributed by atoms with Gasteiger partial charge >= 0.3 is 6.01 Å². The van der Waals surface area contributed by atoms with Gasteiger partial charge in [0.1, 0.15) is 35.6 Å². The van der Waals surface area contributed by atoms with Crippen LogP contribution >= 0.6 is 22.6 Å². The Hall–Kier alpha value is -2.90. The Morgan fingerprint density at radius 3 is 2.76 bits per heavy atom. The van der Waals surface area contributed by atoms with Crippen molar-refractivity contribution < 1.29 is 18.6 Å². The fraction of sp³-hybridized carbons (Fsp3) is 0.500. The first-order valence-electron chi connectivity index (χ1n) is 16.2. The smallest absolute Gasteiger partial charge is 0.319 e. The number of anilines is 1. The van der Waals surface area contributed by atoms with Gasteiger partial charge in [0.25, 0.3) is 0 Å². The molecule has 6 unspecified atom stereocenters. The van der Waals surface area contributed by atoms with E-state index < -0.39 is 12.0 Å². The van der Waals surface area contributed by atoms with Gasteiger partial charge in [-0.15, -0.1) is 0 Å². The molecule has 9 rings (SSSR count). The number of fused-ring (bicyclic) bond motifs is 7. The first-order valence-corrected chi connectivity index (χ1v) is 17.3. The van der Waals surface area contributed by atoms with Gasteiger partial charge in [0.15, 0.2) is 5.82 Å². The van der Waals surface area contributed by atoms with Crippen molar-refractivity contribution in [2.75, 3.05) is 31.1 Å². The largest absolute Gasteiger partial charge is 0.508 e. The van der Waals surface area contributed by atoms with Crippen molar-refractivity contribution in [2.24, 2.45) is 5.92 Å². The van der Waals surface area contributed by atoms with Crippen LogP contribution in [-0.4, -0.2) is 81.0 Å². The van der Waals surface area contributed by atoms with E-state index in [-0.39, 0.29) is 35.1 Å². The first kappa shape index (κ1) is 28.3. The molecule has 8 nitrogen and oxygen atoms in total. The zero-order valence-corrected chi connectivity index (χ0v) is 27.0. The number of halogens is 3. The Kier molecular flexibility index (Phi) is 6.65. The number of phenols is 1. The summed E-state index contributed by atoms with van der Waals surface area (Å²) in [4.78, 5) is 18.8. The number of pyridine rings is 1. The third-order valence-electron chi connectivity index (χ3n) is 11.1. The van der Waals surface area contributed by atoms with Gasteiger partial charge in [-0.2, -0.15) is 9.97 Å². The lowest BCUT2D eigenvalue weighted by atomic mass is 9.89. The molecule has 4 aliphatic heterocycles. The van der Waals surface area contributed by atoms with Crippen molar-refractivity contribution in [3.63, 3.8) is 0 Å². The maximum Gasteiger partial charge on any atom is 0.319 e. The molecule has 5 fully saturated rings. The Balaban J connectivity index is 1.15. The predicted octanol–water partition coefficient (Wildman–Crippen LogP) is 5.97. The van der Waals surface area contributed by atoms with E-state index in [1.165, 1.54) is 12.8 Å². The predicted molar refractivity (Wildman–Crippen MR) is 177 cm³/mol. The fourth-order valence-corrected chi connectivity index (χ4v) is 10.1. The number of nitrogens with zero attached hydrogens (tertiary/aromatic N) is 5. The van der Waals surface area contributed by atoms with E-state index in [0.29, 0.717) is 53.8 Å². The summed E-state index contributed by atoms with van der Waals surface area (Å²) in [7, 11) is 0. The summed E-state index contributed by atoms with van der Waals surface area (Å²) >= 11 is 2.23. The van der Waals surface area contributed by atoms with Crippen LogP contribution in [0.25, 0.3) is 32.9 Å². The van der Waals surface area contributed by atoms with Crippen LogP contribution < -0.4 is 15.0 Å². The van der Waals surface area contributed by atoms with Crippen LogP contribution in [0.1, 0.15) is 44.9 Å². The van der Waals surface area contributed by atoms with E-state index in [1.807, 2.05) is 18.2 Å². The standard InChI is InChI=1S/C34H35F2IN6O2/c35-20-12-34(11-19-4-2-6-27(19)43(34)14-20)17-45-33-40-31-25(32(41-33)42-15-21-7-8-22(16-42)39-21)13-38-30(29(31)36)24-10-23(44)9-18-3-1-5-26(37)28(18)24/h1,3,5,9-10,13,19-22,27,39,44H,2,4,6-8,11-12,14-17H2. The zero-order valence-electron chi connectivity index (χ0n) is 24.9. The molecule has 4 saturated heterocycles. The molecule has 2 aromatic heterocycles. The fourth-order valence-electron chi connectivity index (χ4n) is 9.28. The van der Waals surface area contributed by atoms with E-state index in [9.17, 15) is 9.50 Å². The number of phenolic OH excluding ortho intramolecular Hbond substituents is 1. The summed E-state index contributed by atoms with van der Waals surface area (Å²) in [6, 6.07) is 10.2. The molecular formula is C34H35F2IN6O2. The molecule has 234 valence electrons. The Labute approximate surface area is 273 Å². The summed E-state index contributed by atoms with van der Waals surface area (Å²) in [6.07, 6.45) is 7.86. The maximum absolute atomic E-state index is 16.8. The Morgan fingerprint density at radius 1 is 1.07 bits per heavy atom. The second-order valence-corrected chi connectivity index (χ2v) is 15.0. The maximum atomic E-state index is 16.8. The minimum absolute atomic E-state index is 0.0392. The molecule has 45 heavy (non-hydrogen) atoms. The number of rotatable bonds is 5. The quantitative estimate of drug-likeness (QED) is 0.244. The van der Waals surface area contributed by atoms with Crippen LogP contribution in [0.15, 0.2) is 36.5 Å². The molecule has 4 aromatic rings. The monoisotopic (exact) mass is 724 g/mol. The molecule has 2 aromatic carbocycles. The lowest BCUT2D eigenvalue weighted by Gasteiger charge is -2.35. The van der Waals surface area contributed by atoms with Crippen LogP contribution in [0.2, 0.25) is 0 Å². The van der Waals surface area contributed by atoms with Crippen LogP contribution in [0.3, 0.4) is 0 Å². The lowest BCUT2D eigenvalue weighted by molar-refractivity contribution is 0.0832. The molecule has 0 amide bonds. The number of nitrogens with one attached hydrogen (secondary N) is 1. The zero-order chi connectivity index (χ0) is 30.4. The van der Waals surface area contributed by atoms with Gasteiger partial charge in [-0.1, -0.05) is 18.6 Å². The van der Waals surface area contributed by atoms with Gasteiger partial charge in [-0.25, -0.2) is 8.78 Å². The van der Waals surface area contributed by atoms with Crippen molar-refractivity contribution in [1.29, 1.82) is 0 Å². The van der Waals surface area contributed by atoms with Crippen LogP contribution in [0.5, 0.6) is 11.8 Å². The molecule has 0 radical (unpaired) electrons. The van der Waals surface area contributed by atoms with Crippen LogP contribution in [0.4, 0.5) is 14.6 Å². The van der Waals surface area contributed by atoms with E-state index >= 15 is 4.39 Å². The normalized spacial score (nSPS) is 30.8. The lowest BCUT2D eigenvalue weighted by Crippen LogP contribution is -2.51. The highest BCUT2D eigenvalue weighted by molar-refractivity contribution is 14.1. The number of aromatic nitrogens is 3. The third kappa shape index (κ3) is 4.58. The van der Waals surface area contributed by atoms with Gasteiger partial charge in [-0.05, 0) is 84.2 Å². The molecule has 1 saturated carbocycles. The molecule has 11 heteroatoms. The van der Waals surface area contributed by atoms with E-state index in [1.54, 1.807) is 18.3 Å². The number of benzene rings is 2. The van der Waals surface area contributed by atoms with Crippen LogP contribution in [0, 0.1) is 15.3 Å². The average molecular weight is 725 g/mol. The van der Waals surface area contributed by atoms with Gasteiger partial charge in [0, 0.05) is 64.9 Å². The molecule has 0 spiro atoms. The summed E-state index contributed by atoms with van der Waals surface area (Å²) in [5.74, 6) is 0.661. The Bertz CT molecular complexity index is 1830. The van der Waals surface area contributed by atoms with Crippen molar-refractivity contribution in [2.45, 2.75) is 74.8 Å². The van der Waals surface area contributed by atoms with Gasteiger partial charge in [0.2, 0.25) is 0 Å². The molecule has 2 bridgehead atoms. The van der Waals surface area contributed by atoms with Gasteiger partial charge in [0.05, 0.1) is 10.9 Å². The summed E-state index contributed by atoms with van der Waals surface area (Å²) in [6.45, 7) is 2.25. The Morgan fingerprint density at radius 2 is 1.91 bits per heavy atom. The van der Waals surface area contributed by atoms with Crippen molar-refractivity contribution >= 4 is 50.1 Å². The highest BCUT2D eigenvalue weighted by atomic mass is 127. The molecule has 6 heterocycles. The van der Waals surface area contributed by atoms with Gasteiger partial charge in [-0.3, -0.25) is 9.88 Å². The van der Waals surface area contributed by atoms with Gasteiger partial charge < -0.3 is 20.1 Å². The second-order valence-electron chi connectivity index (χ2n) is 13.8. The van der Waals surface area contributed by atoms with Crippen molar-refractivity contribution in [1.82, 2.24) is 25.2 Å². The molecule has 6 atom stereocenters. The number of hydrogen-bond donors (Lipinski definition) is 2. The second kappa shape index (κ2) is 10.6. The molecule has 2 N–H and O–H groups in total. The number of alkyl halides is 1. The minimum Gasteiger partial charge on any atom is -0.508 e.